The summed E-state index contributed by atoms with van der Waals surface area (Å²) < 4.78 is 10.4. The van der Waals surface area contributed by atoms with Gasteiger partial charge in [-0.2, -0.15) is 0 Å². The minimum absolute atomic E-state index is 0.144. The highest BCUT2D eigenvalue weighted by molar-refractivity contribution is 5.91. The maximum Gasteiger partial charge on any atom is 0.356 e. The summed E-state index contributed by atoms with van der Waals surface area (Å²) in [6, 6.07) is 4.72. The summed E-state index contributed by atoms with van der Waals surface area (Å²) in [7, 11) is 0. The predicted octanol–water partition coefficient (Wildman–Crippen LogP) is 4.56. The number of esters is 2. The van der Waals surface area contributed by atoms with Crippen molar-refractivity contribution in [3.63, 3.8) is 0 Å². The minimum Gasteiger partial charge on any atom is -0.461 e. The van der Waals surface area contributed by atoms with Gasteiger partial charge in [0.1, 0.15) is 11.4 Å². The van der Waals surface area contributed by atoms with E-state index in [0.29, 0.717) is 13.2 Å². The molecule has 1 aromatic heterocycles. The number of ether oxygens (including phenoxy) is 2. The van der Waals surface area contributed by atoms with Gasteiger partial charge in [0.2, 0.25) is 0 Å². The molecule has 1 heterocycles. The molecule has 0 saturated carbocycles. The van der Waals surface area contributed by atoms with E-state index in [-0.39, 0.29) is 11.4 Å². The molecule has 0 radical (unpaired) electrons. The molecular formula is C19H29NO4. The molecule has 0 atom stereocenters. The highest BCUT2D eigenvalue weighted by Crippen LogP contribution is 2.06. The Morgan fingerprint density at radius 3 is 1.67 bits per heavy atom. The molecule has 5 nitrogen and oxygen atoms in total. The number of pyridine rings is 1. The van der Waals surface area contributed by atoms with E-state index >= 15 is 0 Å². The first-order valence-corrected chi connectivity index (χ1v) is 9.00. The molecule has 1 aromatic rings. The lowest BCUT2D eigenvalue weighted by atomic mass is 10.2. The van der Waals surface area contributed by atoms with Gasteiger partial charge in [-0.3, -0.25) is 0 Å². The van der Waals surface area contributed by atoms with E-state index < -0.39 is 11.9 Å². The number of carbonyl (C=O) groups excluding carboxylic acids is 2. The van der Waals surface area contributed by atoms with Gasteiger partial charge in [-0.15, -0.1) is 0 Å². The molecule has 0 aliphatic rings. The van der Waals surface area contributed by atoms with Crippen LogP contribution in [0.5, 0.6) is 0 Å². The van der Waals surface area contributed by atoms with E-state index in [1.165, 1.54) is 0 Å². The second-order valence-electron chi connectivity index (χ2n) is 5.80. The van der Waals surface area contributed by atoms with Crippen LogP contribution < -0.4 is 0 Å². The van der Waals surface area contributed by atoms with Crippen LogP contribution in [0.4, 0.5) is 0 Å². The topological polar surface area (TPSA) is 65.5 Å². The molecule has 0 aliphatic carbocycles. The van der Waals surface area contributed by atoms with Crippen molar-refractivity contribution in [2.75, 3.05) is 13.2 Å². The molecular weight excluding hydrogens is 306 g/mol. The molecule has 0 aliphatic heterocycles. The number of hydrogen-bond donors (Lipinski definition) is 0. The Morgan fingerprint density at radius 2 is 1.25 bits per heavy atom. The Morgan fingerprint density at radius 1 is 0.792 bits per heavy atom. The number of rotatable bonds is 12. The van der Waals surface area contributed by atoms with Crippen LogP contribution in [0.3, 0.4) is 0 Å². The summed E-state index contributed by atoms with van der Waals surface area (Å²) >= 11 is 0. The normalized spacial score (nSPS) is 10.4. The maximum absolute atomic E-state index is 11.9. The summed E-state index contributed by atoms with van der Waals surface area (Å²) in [6.45, 7) is 5.02. The quantitative estimate of drug-likeness (QED) is 0.414. The van der Waals surface area contributed by atoms with Crippen LogP contribution in [0, 0.1) is 0 Å². The third-order valence-corrected chi connectivity index (χ3v) is 3.63. The average Bonchev–Trinajstić information content (AvgIpc) is 2.61. The van der Waals surface area contributed by atoms with Crippen LogP contribution in [-0.4, -0.2) is 30.1 Å². The average molecular weight is 335 g/mol. The number of aromatic nitrogens is 1. The Kier molecular flexibility index (Phi) is 10.5. The van der Waals surface area contributed by atoms with Crippen LogP contribution in [0.2, 0.25) is 0 Å². The van der Waals surface area contributed by atoms with E-state index in [1.54, 1.807) is 18.2 Å². The van der Waals surface area contributed by atoms with Crippen molar-refractivity contribution in [2.45, 2.75) is 65.2 Å². The molecule has 0 bridgehead atoms. The van der Waals surface area contributed by atoms with Crippen LogP contribution in [0.25, 0.3) is 0 Å². The molecule has 0 aromatic carbocycles. The van der Waals surface area contributed by atoms with Crippen LogP contribution >= 0.6 is 0 Å². The molecule has 0 saturated heterocycles. The van der Waals surface area contributed by atoms with Crippen LogP contribution in [-0.2, 0) is 9.47 Å². The van der Waals surface area contributed by atoms with Gasteiger partial charge in [0.05, 0.1) is 13.2 Å². The van der Waals surface area contributed by atoms with Crippen LogP contribution in [0.15, 0.2) is 18.2 Å². The number of unbranched alkanes of at least 4 members (excludes halogenated alkanes) is 6. The first-order valence-electron chi connectivity index (χ1n) is 9.00. The van der Waals surface area contributed by atoms with Crippen molar-refractivity contribution >= 4 is 11.9 Å². The second-order valence-corrected chi connectivity index (χ2v) is 5.80. The van der Waals surface area contributed by atoms with Crippen LogP contribution in [0.1, 0.15) is 86.2 Å². The zero-order valence-electron chi connectivity index (χ0n) is 14.9. The van der Waals surface area contributed by atoms with Crippen molar-refractivity contribution in [2.24, 2.45) is 0 Å². The molecule has 0 spiro atoms. The minimum atomic E-state index is -0.496. The molecule has 0 N–H and O–H groups in total. The van der Waals surface area contributed by atoms with Crippen molar-refractivity contribution in [3.05, 3.63) is 29.6 Å². The van der Waals surface area contributed by atoms with E-state index in [4.69, 9.17) is 9.47 Å². The third kappa shape index (κ3) is 8.09. The van der Waals surface area contributed by atoms with Gasteiger partial charge in [0, 0.05) is 0 Å². The lowest BCUT2D eigenvalue weighted by Crippen LogP contribution is -2.13. The fraction of sp³-hybridized carbons (Fsp3) is 0.632. The molecule has 134 valence electrons. The summed E-state index contributed by atoms with van der Waals surface area (Å²) in [4.78, 5) is 27.9. The summed E-state index contributed by atoms with van der Waals surface area (Å²) in [6.07, 6.45) is 8.32. The zero-order chi connectivity index (χ0) is 17.6. The third-order valence-electron chi connectivity index (χ3n) is 3.63. The Balaban J connectivity index is 2.41. The fourth-order valence-corrected chi connectivity index (χ4v) is 2.20. The predicted molar refractivity (Wildman–Crippen MR) is 93.1 cm³/mol. The van der Waals surface area contributed by atoms with Crippen molar-refractivity contribution in [1.29, 1.82) is 0 Å². The van der Waals surface area contributed by atoms with Gasteiger partial charge >= 0.3 is 11.9 Å². The molecule has 1 rings (SSSR count). The first kappa shape index (κ1) is 20.1. The highest BCUT2D eigenvalue weighted by atomic mass is 16.5. The molecule has 0 fully saturated rings. The summed E-state index contributed by atoms with van der Waals surface area (Å²) in [5.41, 5.74) is 0.289. The van der Waals surface area contributed by atoms with E-state index in [2.05, 4.69) is 18.8 Å². The highest BCUT2D eigenvalue weighted by Gasteiger charge is 2.14. The van der Waals surface area contributed by atoms with Gasteiger partial charge in [-0.05, 0) is 25.0 Å². The zero-order valence-corrected chi connectivity index (χ0v) is 14.9. The Hall–Kier alpha value is -1.91. The Labute approximate surface area is 144 Å². The molecule has 0 amide bonds. The van der Waals surface area contributed by atoms with E-state index in [1.807, 2.05) is 0 Å². The largest absolute Gasteiger partial charge is 0.461 e. The van der Waals surface area contributed by atoms with Crippen molar-refractivity contribution < 1.29 is 19.1 Å². The van der Waals surface area contributed by atoms with Crippen molar-refractivity contribution in [1.82, 2.24) is 4.98 Å². The molecule has 5 heteroatoms. The lowest BCUT2D eigenvalue weighted by molar-refractivity contribution is 0.0482. The van der Waals surface area contributed by atoms with Gasteiger partial charge in [-0.25, -0.2) is 14.6 Å². The van der Waals surface area contributed by atoms with Gasteiger partial charge < -0.3 is 9.47 Å². The van der Waals surface area contributed by atoms with Crippen molar-refractivity contribution in [3.8, 4) is 0 Å². The number of nitrogens with zero attached hydrogens (tertiary/aromatic N) is 1. The number of carbonyl (C=O) groups is 2. The monoisotopic (exact) mass is 335 g/mol. The van der Waals surface area contributed by atoms with Gasteiger partial charge in [-0.1, -0.05) is 58.4 Å². The van der Waals surface area contributed by atoms with E-state index in [9.17, 15) is 9.59 Å². The van der Waals surface area contributed by atoms with E-state index in [0.717, 1.165) is 51.4 Å². The first-order chi connectivity index (χ1) is 11.7. The number of hydrogen-bond acceptors (Lipinski definition) is 5. The standard InChI is InChI=1S/C19H29NO4/c1-3-5-7-9-14-23-18(21)16-12-11-13-17(20-16)19(22)24-15-10-8-6-4-2/h11-13H,3-10,14-15H2,1-2H3. The van der Waals surface area contributed by atoms with Gasteiger partial charge in [0.15, 0.2) is 0 Å². The molecule has 24 heavy (non-hydrogen) atoms. The Bertz CT molecular complexity index is 461. The summed E-state index contributed by atoms with van der Waals surface area (Å²) in [5, 5.41) is 0. The second kappa shape index (κ2) is 12.5. The SMILES string of the molecule is CCCCCCOC(=O)c1cccc(C(=O)OCCCCCC)n1. The van der Waals surface area contributed by atoms with Gasteiger partial charge in [0.25, 0.3) is 0 Å². The smallest absolute Gasteiger partial charge is 0.356 e. The summed E-state index contributed by atoms with van der Waals surface area (Å²) in [5.74, 6) is -0.992. The maximum atomic E-state index is 11.9. The lowest BCUT2D eigenvalue weighted by Gasteiger charge is -2.06. The fourth-order valence-electron chi connectivity index (χ4n) is 2.20. The molecule has 0 unspecified atom stereocenters.